The second-order valence-electron chi connectivity index (χ2n) is 6.16. The second kappa shape index (κ2) is 6.57. The van der Waals surface area contributed by atoms with Crippen LogP contribution in [0.5, 0.6) is 0 Å². The largest absolute Gasteiger partial charge is 0.350 e. The summed E-state index contributed by atoms with van der Waals surface area (Å²) in [7, 11) is 2.02. The van der Waals surface area contributed by atoms with E-state index in [0.717, 1.165) is 33.3 Å². The number of carbonyl (C=O) groups excluding carboxylic acids is 1. The molecule has 2 amide bonds. The van der Waals surface area contributed by atoms with Crippen LogP contribution in [0.3, 0.4) is 0 Å². The monoisotopic (exact) mass is 338 g/mol. The second-order valence-corrected chi connectivity index (χ2v) is 6.16. The number of carbonyl (C=O) groups is 1. The van der Waals surface area contributed by atoms with Crippen LogP contribution < -0.4 is 5.73 Å². The van der Waals surface area contributed by atoms with E-state index in [-0.39, 0.29) is 0 Å². The molecule has 0 saturated heterocycles. The number of hydrogen-bond donors (Lipinski definition) is 2. The van der Waals surface area contributed by atoms with Gasteiger partial charge in [-0.3, -0.25) is 10.2 Å². The maximum Gasteiger partial charge on any atom is 0.339 e. The number of hydrogen-bond acceptors (Lipinski definition) is 3. The van der Waals surface area contributed by atoms with Crippen molar-refractivity contribution in [2.45, 2.75) is 26.3 Å². The highest BCUT2D eigenvalue weighted by Gasteiger charge is 2.22. The van der Waals surface area contributed by atoms with Gasteiger partial charge in [0.15, 0.2) is 0 Å². The van der Waals surface area contributed by atoms with E-state index in [1.54, 1.807) is 6.20 Å². The Bertz CT molecular complexity index is 918. The minimum atomic E-state index is -0.854. The highest BCUT2D eigenvalue weighted by atomic mass is 16.5. The number of pyridine rings is 1. The standard InChI is InChI=1S/C19H22N4O2/c1-4-16(23(25)19(20)24)13-7-8-17-15(10-13)12(2)18(22(17)3)14-6-5-9-21-11-14/h5-11,16,25H,4H2,1-3H3,(H2,20,24). The van der Waals surface area contributed by atoms with Crippen LogP contribution in [0.1, 0.15) is 30.5 Å². The first-order valence-corrected chi connectivity index (χ1v) is 8.22. The number of primary amides is 1. The molecule has 6 nitrogen and oxygen atoms in total. The van der Waals surface area contributed by atoms with Gasteiger partial charge in [0.1, 0.15) is 0 Å². The lowest BCUT2D eigenvalue weighted by Gasteiger charge is -2.23. The number of aromatic nitrogens is 2. The van der Waals surface area contributed by atoms with Crippen LogP contribution in [0.15, 0.2) is 42.7 Å². The first kappa shape index (κ1) is 17.0. The van der Waals surface area contributed by atoms with Crippen LogP contribution in [0.4, 0.5) is 4.79 Å². The Morgan fingerprint density at radius 2 is 2.16 bits per heavy atom. The third-order valence-electron chi connectivity index (χ3n) is 4.70. The molecule has 0 radical (unpaired) electrons. The quantitative estimate of drug-likeness (QED) is 0.561. The van der Waals surface area contributed by atoms with Crippen molar-refractivity contribution in [2.75, 3.05) is 0 Å². The van der Waals surface area contributed by atoms with Gasteiger partial charge in [-0.25, -0.2) is 4.79 Å². The van der Waals surface area contributed by atoms with Crippen LogP contribution in [0, 0.1) is 6.92 Å². The number of nitrogens with zero attached hydrogens (tertiary/aromatic N) is 3. The zero-order chi connectivity index (χ0) is 18.1. The average Bonchev–Trinajstić information content (AvgIpc) is 2.87. The highest BCUT2D eigenvalue weighted by Crippen LogP contribution is 2.34. The fourth-order valence-electron chi connectivity index (χ4n) is 3.47. The molecular weight excluding hydrogens is 316 g/mol. The van der Waals surface area contributed by atoms with E-state index < -0.39 is 12.1 Å². The van der Waals surface area contributed by atoms with E-state index in [4.69, 9.17) is 5.73 Å². The molecule has 130 valence electrons. The van der Waals surface area contributed by atoms with Gasteiger partial charge in [0.2, 0.25) is 0 Å². The van der Waals surface area contributed by atoms with Crippen molar-refractivity contribution in [3.8, 4) is 11.3 Å². The lowest BCUT2D eigenvalue weighted by molar-refractivity contribution is -0.0774. The Balaban J connectivity index is 2.16. The topological polar surface area (TPSA) is 84.4 Å². The van der Waals surface area contributed by atoms with E-state index in [0.29, 0.717) is 11.5 Å². The van der Waals surface area contributed by atoms with Gasteiger partial charge in [-0.2, -0.15) is 5.06 Å². The smallest absolute Gasteiger partial charge is 0.339 e. The summed E-state index contributed by atoms with van der Waals surface area (Å²) in [5, 5.41) is 11.6. The molecule has 0 fully saturated rings. The van der Waals surface area contributed by atoms with E-state index in [1.165, 1.54) is 0 Å². The molecule has 3 N–H and O–H groups in total. The van der Waals surface area contributed by atoms with Gasteiger partial charge in [-0.1, -0.05) is 13.0 Å². The Morgan fingerprint density at radius 1 is 1.40 bits per heavy atom. The lowest BCUT2D eigenvalue weighted by atomic mass is 10.0. The fourth-order valence-corrected chi connectivity index (χ4v) is 3.47. The summed E-state index contributed by atoms with van der Waals surface area (Å²) in [6.07, 6.45) is 4.16. The zero-order valence-corrected chi connectivity index (χ0v) is 14.6. The van der Waals surface area contributed by atoms with E-state index >= 15 is 0 Å². The maximum atomic E-state index is 11.3. The predicted octanol–water partition coefficient (Wildman–Crippen LogP) is 3.77. The Kier molecular flexibility index (Phi) is 4.46. The van der Waals surface area contributed by atoms with Gasteiger partial charge in [0.25, 0.3) is 0 Å². The first-order chi connectivity index (χ1) is 12.0. The molecule has 6 heteroatoms. The molecule has 1 aromatic carbocycles. The summed E-state index contributed by atoms with van der Waals surface area (Å²) >= 11 is 0. The Labute approximate surface area is 146 Å². The number of rotatable bonds is 4. The van der Waals surface area contributed by atoms with Gasteiger partial charge in [-0.05, 0) is 48.7 Å². The summed E-state index contributed by atoms with van der Waals surface area (Å²) in [6, 6.07) is 8.58. The molecule has 0 spiro atoms. The number of nitrogens with two attached hydrogens (primary N) is 1. The van der Waals surface area contributed by atoms with Crippen LogP contribution in [0.2, 0.25) is 0 Å². The van der Waals surface area contributed by atoms with E-state index in [9.17, 15) is 10.0 Å². The van der Waals surface area contributed by atoms with Crippen LogP contribution in [0.25, 0.3) is 22.2 Å². The molecule has 0 bridgehead atoms. The summed E-state index contributed by atoms with van der Waals surface area (Å²) in [5.74, 6) is 0. The number of urea groups is 1. The van der Waals surface area contributed by atoms with Gasteiger partial charge in [0, 0.05) is 35.9 Å². The number of fused-ring (bicyclic) bond motifs is 1. The SMILES string of the molecule is CCC(c1ccc2c(c1)c(C)c(-c1cccnc1)n2C)N(O)C(N)=O. The van der Waals surface area contributed by atoms with Crippen molar-refractivity contribution < 1.29 is 10.0 Å². The fraction of sp³-hybridized carbons (Fsp3) is 0.263. The third kappa shape index (κ3) is 2.85. The minimum absolute atomic E-state index is 0.469. The normalized spacial score (nSPS) is 12.3. The van der Waals surface area contributed by atoms with Crippen molar-refractivity contribution in [1.82, 2.24) is 14.6 Å². The van der Waals surface area contributed by atoms with Gasteiger partial charge in [0.05, 0.1) is 11.7 Å². The van der Waals surface area contributed by atoms with Crippen molar-refractivity contribution in [2.24, 2.45) is 12.8 Å². The molecule has 3 aromatic rings. The molecule has 2 heterocycles. The zero-order valence-electron chi connectivity index (χ0n) is 14.6. The summed E-state index contributed by atoms with van der Waals surface area (Å²) < 4.78 is 2.14. The summed E-state index contributed by atoms with van der Waals surface area (Å²) in [6.45, 7) is 3.97. The van der Waals surface area contributed by atoms with Gasteiger partial charge < -0.3 is 10.3 Å². The van der Waals surface area contributed by atoms with Crippen molar-refractivity contribution in [3.05, 3.63) is 53.9 Å². The molecule has 2 aromatic heterocycles. The molecule has 0 aliphatic rings. The maximum absolute atomic E-state index is 11.3. The molecule has 0 saturated carbocycles. The van der Waals surface area contributed by atoms with Crippen LogP contribution in [-0.2, 0) is 7.05 Å². The van der Waals surface area contributed by atoms with Crippen LogP contribution in [-0.4, -0.2) is 25.9 Å². The van der Waals surface area contributed by atoms with Crippen molar-refractivity contribution in [1.29, 1.82) is 0 Å². The molecular formula is C19H22N4O2. The minimum Gasteiger partial charge on any atom is -0.350 e. The third-order valence-corrected chi connectivity index (χ3v) is 4.70. The summed E-state index contributed by atoms with van der Waals surface area (Å²) in [4.78, 5) is 15.5. The Morgan fingerprint density at radius 3 is 2.76 bits per heavy atom. The molecule has 0 aliphatic carbocycles. The summed E-state index contributed by atoms with van der Waals surface area (Å²) in [5.41, 5.74) is 10.4. The molecule has 1 unspecified atom stereocenters. The molecule has 1 atom stereocenters. The number of hydroxylamine groups is 2. The number of benzene rings is 1. The molecule has 3 rings (SSSR count). The molecule has 0 aliphatic heterocycles. The van der Waals surface area contributed by atoms with Crippen molar-refractivity contribution >= 4 is 16.9 Å². The molecule has 25 heavy (non-hydrogen) atoms. The van der Waals surface area contributed by atoms with E-state index in [1.807, 2.05) is 50.5 Å². The van der Waals surface area contributed by atoms with Gasteiger partial charge >= 0.3 is 6.03 Å². The average molecular weight is 338 g/mol. The first-order valence-electron chi connectivity index (χ1n) is 8.22. The highest BCUT2D eigenvalue weighted by molar-refractivity contribution is 5.92. The number of aryl methyl sites for hydroxylation is 2. The predicted molar refractivity (Wildman–Crippen MR) is 97.1 cm³/mol. The van der Waals surface area contributed by atoms with Crippen molar-refractivity contribution in [3.63, 3.8) is 0 Å². The lowest BCUT2D eigenvalue weighted by Crippen LogP contribution is -2.35. The van der Waals surface area contributed by atoms with Crippen LogP contribution >= 0.6 is 0 Å². The Hall–Kier alpha value is -2.86. The number of amides is 2. The van der Waals surface area contributed by atoms with E-state index in [2.05, 4.69) is 16.5 Å². The van der Waals surface area contributed by atoms with Gasteiger partial charge in [-0.15, -0.1) is 0 Å².